The first-order valence-corrected chi connectivity index (χ1v) is 6.17. The van der Waals surface area contributed by atoms with E-state index < -0.39 is 0 Å². The zero-order valence-corrected chi connectivity index (χ0v) is 10.5. The topological polar surface area (TPSA) is 61.7 Å². The molecule has 5 heteroatoms. The molecule has 1 aromatic carbocycles. The normalized spacial score (nSPS) is 10.7. The summed E-state index contributed by atoms with van der Waals surface area (Å²) in [5.41, 5.74) is 7.60. The van der Waals surface area contributed by atoms with Gasteiger partial charge < -0.3 is 10.3 Å². The largest absolute Gasteiger partial charge is 0.399 e. The zero-order valence-electron chi connectivity index (χ0n) is 10.5. The molecule has 0 saturated heterocycles. The lowest BCUT2D eigenvalue weighted by Crippen LogP contribution is -2.08. The van der Waals surface area contributed by atoms with Crippen LogP contribution in [-0.4, -0.2) is 19.3 Å². The molecule has 0 bridgehead atoms. The standard InChI is InChI=1S/C14H15N5/c15-13-4-1-3-12(11-13)14-16-6-8-18(14)9-10-19-7-2-5-17-19/h1-8,11H,9-10,15H2. The van der Waals surface area contributed by atoms with Crippen LogP contribution in [0.3, 0.4) is 0 Å². The van der Waals surface area contributed by atoms with Crippen molar-refractivity contribution in [3.8, 4) is 11.4 Å². The number of rotatable bonds is 4. The second-order valence-electron chi connectivity index (χ2n) is 4.34. The van der Waals surface area contributed by atoms with Crippen molar-refractivity contribution < 1.29 is 0 Å². The van der Waals surface area contributed by atoms with Crippen molar-refractivity contribution in [2.75, 3.05) is 5.73 Å². The van der Waals surface area contributed by atoms with Crippen LogP contribution in [0.1, 0.15) is 0 Å². The van der Waals surface area contributed by atoms with Gasteiger partial charge in [0, 0.05) is 42.6 Å². The van der Waals surface area contributed by atoms with E-state index in [0.29, 0.717) is 0 Å². The molecule has 19 heavy (non-hydrogen) atoms. The molecular weight excluding hydrogens is 238 g/mol. The Morgan fingerprint density at radius 1 is 1.05 bits per heavy atom. The van der Waals surface area contributed by atoms with Crippen LogP contribution in [0.4, 0.5) is 5.69 Å². The van der Waals surface area contributed by atoms with E-state index in [1.807, 2.05) is 53.6 Å². The van der Waals surface area contributed by atoms with Crippen LogP contribution in [0.5, 0.6) is 0 Å². The zero-order chi connectivity index (χ0) is 13.1. The van der Waals surface area contributed by atoms with Gasteiger partial charge in [-0.1, -0.05) is 12.1 Å². The van der Waals surface area contributed by atoms with Crippen LogP contribution in [0.15, 0.2) is 55.1 Å². The van der Waals surface area contributed by atoms with E-state index in [-0.39, 0.29) is 0 Å². The summed E-state index contributed by atoms with van der Waals surface area (Å²) in [7, 11) is 0. The Kier molecular flexibility index (Phi) is 3.02. The summed E-state index contributed by atoms with van der Waals surface area (Å²) in [5, 5.41) is 4.20. The number of aromatic nitrogens is 4. The van der Waals surface area contributed by atoms with E-state index in [2.05, 4.69) is 14.6 Å². The number of imidazole rings is 1. The molecule has 96 valence electrons. The monoisotopic (exact) mass is 253 g/mol. The molecule has 0 spiro atoms. The predicted octanol–water partition coefficient (Wildman–Crippen LogP) is 2.03. The molecule has 0 unspecified atom stereocenters. The third kappa shape index (κ3) is 2.49. The maximum Gasteiger partial charge on any atom is 0.140 e. The number of nitrogens with two attached hydrogens (primary N) is 1. The van der Waals surface area contributed by atoms with Crippen LogP contribution in [0.2, 0.25) is 0 Å². The number of hydrogen-bond acceptors (Lipinski definition) is 3. The molecule has 0 radical (unpaired) electrons. The third-order valence-corrected chi connectivity index (χ3v) is 2.99. The van der Waals surface area contributed by atoms with Gasteiger partial charge in [0.05, 0.1) is 6.54 Å². The minimum atomic E-state index is 0.749. The second-order valence-corrected chi connectivity index (χ2v) is 4.34. The fraction of sp³-hybridized carbons (Fsp3) is 0.143. The van der Waals surface area contributed by atoms with E-state index in [9.17, 15) is 0 Å². The summed E-state index contributed by atoms with van der Waals surface area (Å²) < 4.78 is 4.01. The molecule has 2 heterocycles. The highest BCUT2D eigenvalue weighted by atomic mass is 15.3. The van der Waals surface area contributed by atoms with Crippen molar-refractivity contribution >= 4 is 5.69 Å². The quantitative estimate of drug-likeness (QED) is 0.724. The molecule has 2 N–H and O–H groups in total. The van der Waals surface area contributed by atoms with Gasteiger partial charge in [-0.2, -0.15) is 5.10 Å². The van der Waals surface area contributed by atoms with Crippen LogP contribution >= 0.6 is 0 Å². The van der Waals surface area contributed by atoms with Crippen molar-refractivity contribution in [1.82, 2.24) is 19.3 Å². The molecule has 3 rings (SSSR count). The molecule has 3 aromatic rings. The molecule has 0 amide bonds. The molecule has 0 fully saturated rings. The minimum Gasteiger partial charge on any atom is -0.399 e. The molecule has 0 aliphatic rings. The first kappa shape index (κ1) is 11.5. The van der Waals surface area contributed by atoms with Crippen molar-refractivity contribution in [2.45, 2.75) is 13.1 Å². The summed E-state index contributed by atoms with van der Waals surface area (Å²) >= 11 is 0. The van der Waals surface area contributed by atoms with Crippen molar-refractivity contribution in [3.05, 3.63) is 55.1 Å². The van der Waals surface area contributed by atoms with E-state index >= 15 is 0 Å². The maximum absolute atomic E-state index is 5.81. The highest BCUT2D eigenvalue weighted by Gasteiger charge is 2.06. The first-order chi connectivity index (χ1) is 9.33. The van der Waals surface area contributed by atoms with Crippen LogP contribution < -0.4 is 5.73 Å². The van der Waals surface area contributed by atoms with Crippen molar-refractivity contribution in [3.63, 3.8) is 0 Å². The second kappa shape index (κ2) is 4.97. The Balaban J connectivity index is 1.82. The van der Waals surface area contributed by atoms with Gasteiger partial charge >= 0.3 is 0 Å². The summed E-state index contributed by atoms with van der Waals surface area (Å²) in [6.07, 6.45) is 7.52. The summed E-state index contributed by atoms with van der Waals surface area (Å²) in [4.78, 5) is 4.41. The van der Waals surface area contributed by atoms with E-state index in [0.717, 1.165) is 30.2 Å². The highest BCUT2D eigenvalue weighted by Crippen LogP contribution is 2.19. The Labute approximate surface area is 111 Å². The van der Waals surface area contributed by atoms with Crippen LogP contribution in [0, 0.1) is 0 Å². The molecule has 2 aromatic heterocycles. The molecule has 0 saturated carbocycles. The minimum absolute atomic E-state index is 0.749. The molecular formula is C14H15N5. The highest BCUT2D eigenvalue weighted by molar-refractivity contribution is 5.61. The number of benzene rings is 1. The van der Waals surface area contributed by atoms with Crippen molar-refractivity contribution in [2.24, 2.45) is 0 Å². The lowest BCUT2D eigenvalue weighted by Gasteiger charge is -2.08. The molecule has 0 atom stereocenters. The van der Waals surface area contributed by atoms with Gasteiger partial charge in [-0.05, 0) is 18.2 Å². The van der Waals surface area contributed by atoms with E-state index in [4.69, 9.17) is 5.73 Å². The van der Waals surface area contributed by atoms with Gasteiger partial charge in [0.1, 0.15) is 5.82 Å². The lowest BCUT2D eigenvalue weighted by atomic mass is 10.2. The third-order valence-electron chi connectivity index (χ3n) is 2.99. The molecule has 5 nitrogen and oxygen atoms in total. The van der Waals surface area contributed by atoms with Gasteiger partial charge in [-0.25, -0.2) is 4.98 Å². The molecule has 0 aliphatic heterocycles. The summed E-state index contributed by atoms with van der Waals surface area (Å²) in [5.74, 6) is 0.930. The predicted molar refractivity (Wildman–Crippen MR) is 74.3 cm³/mol. The van der Waals surface area contributed by atoms with Gasteiger partial charge in [-0.3, -0.25) is 4.68 Å². The van der Waals surface area contributed by atoms with Gasteiger partial charge in [0.2, 0.25) is 0 Å². The first-order valence-electron chi connectivity index (χ1n) is 6.17. The maximum atomic E-state index is 5.81. The van der Waals surface area contributed by atoms with Crippen molar-refractivity contribution in [1.29, 1.82) is 0 Å². The van der Waals surface area contributed by atoms with E-state index in [1.54, 1.807) is 6.20 Å². The smallest absolute Gasteiger partial charge is 0.140 e. The number of aryl methyl sites for hydroxylation is 2. The number of nitrogen functional groups attached to an aromatic ring is 1. The summed E-state index contributed by atoms with van der Waals surface area (Å²) in [6.45, 7) is 1.64. The number of nitrogens with zero attached hydrogens (tertiary/aromatic N) is 4. The average Bonchev–Trinajstić information content (AvgIpc) is 3.08. The Bertz CT molecular complexity index is 654. The number of anilines is 1. The SMILES string of the molecule is Nc1cccc(-c2nccn2CCn2cccn2)c1. The van der Waals surface area contributed by atoms with Gasteiger partial charge in [0.15, 0.2) is 0 Å². The lowest BCUT2D eigenvalue weighted by molar-refractivity contribution is 0.536. The van der Waals surface area contributed by atoms with Crippen LogP contribution in [0.25, 0.3) is 11.4 Å². The average molecular weight is 253 g/mol. The Morgan fingerprint density at radius 2 is 2.00 bits per heavy atom. The fourth-order valence-electron chi connectivity index (χ4n) is 2.07. The van der Waals surface area contributed by atoms with E-state index in [1.165, 1.54) is 0 Å². The number of hydrogen-bond donors (Lipinski definition) is 1. The fourth-order valence-corrected chi connectivity index (χ4v) is 2.07. The summed E-state index contributed by atoms with van der Waals surface area (Å²) in [6, 6.07) is 9.69. The molecule has 0 aliphatic carbocycles. The van der Waals surface area contributed by atoms with Crippen LogP contribution in [-0.2, 0) is 13.1 Å². The van der Waals surface area contributed by atoms with Gasteiger partial charge in [0.25, 0.3) is 0 Å². The Morgan fingerprint density at radius 3 is 2.79 bits per heavy atom. The van der Waals surface area contributed by atoms with Gasteiger partial charge in [-0.15, -0.1) is 0 Å². The Hall–Kier alpha value is -2.56.